The van der Waals surface area contributed by atoms with Gasteiger partial charge in [-0.05, 0) is 79.5 Å². The second kappa shape index (κ2) is 9.78. The Bertz CT molecular complexity index is 1100. The molecule has 32 heavy (non-hydrogen) atoms. The number of hydrogen-bond acceptors (Lipinski definition) is 5. The molecule has 1 aliphatic heterocycles. The molecule has 0 atom stereocenters. The number of amides is 1. The van der Waals surface area contributed by atoms with Gasteiger partial charge in [0, 0.05) is 31.3 Å². The minimum atomic E-state index is -0.437. The maximum Gasteiger partial charge on any atom is 0.221 e. The number of phenols is 1. The van der Waals surface area contributed by atoms with E-state index in [1.807, 2.05) is 36.4 Å². The molecule has 4 rings (SSSR count). The number of aromatic nitrogens is 1. The van der Waals surface area contributed by atoms with Gasteiger partial charge in [-0.1, -0.05) is 12.1 Å². The standard InChI is InChI=1S/C25H27FN4O2/c1-17(31)28-21-7-4-18(5-8-21)19-14-23(22-16-20(26)6-9-24(22)32)29-25(15-19)27-10-13-30-11-2-3-12-30/h4-9,14-16,32H,2-3,10-13H2,1H3,(H,27,29)(H,28,31). The maximum atomic E-state index is 13.9. The largest absolute Gasteiger partial charge is 0.507 e. The lowest BCUT2D eigenvalue weighted by Gasteiger charge is -2.16. The van der Waals surface area contributed by atoms with Crippen molar-refractivity contribution in [2.24, 2.45) is 0 Å². The van der Waals surface area contributed by atoms with Crippen LogP contribution in [0.4, 0.5) is 15.9 Å². The number of pyridine rings is 1. The van der Waals surface area contributed by atoms with Gasteiger partial charge in [0.25, 0.3) is 0 Å². The predicted molar refractivity (Wildman–Crippen MR) is 125 cm³/mol. The highest BCUT2D eigenvalue weighted by Crippen LogP contribution is 2.33. The summed E-state index contributed by atoms with van der Waals surface area (Å²) >= 11 is 0. The Morgan fingerprint density at radius 3 is 2.53 bits per heavy atom. The van der Waals surface area contributed by atoms with Crippen LogP contribution in [0.1, 0.15) is 19.8 Å². The number of anilines is 2. The maximum absolute atomic E-state index is 13.9. The molecule has 3 N–H and O–H groups in total. The van der Waals surface area contributed by atoms with Crippen LogP contribution < -0.4 is 10.6 Å². The fourth-order valence-corrected chi connectivity index (χ4v) is 3.94. The molecule has 2 aromatic carbocycles. The average molecular weight is 435 g/mol. The number of likely N-dealkylation sites (tertiary alicyclic amines) is 1. The lowest BCUT2D eigenvalue weighted by molar-refractivity contribution is -0.114. The van der Waals surface area contributed by atoms with E-state index in [-0.39, 0.29) is 11.7 Å². The smallest absolute Gasteiger partial charge is 0.221 e. The lowest BCUT2D eigenvalue weighted by Crippen LogP contribution is -2.26. The molecule has 2 heterocycles. The van der Waals surface area contributed by atoms with Crippen molar-refractivity contribution in [3.8, 4) is 28.1 Å². The zero-order valence-electron chi connectivity index (χ0n) is 18.1. The number of nitrogens with one attached hydrogen (secondary N) is 2. The van der Waals surface area contributed by atoms with Gasteiger partial charge < -0.3 is 20.6 Å². The van der Waals surface area contributed by atoms with Crippen molar-refractivity contribution < 1.29 is 14.3 Å². The zero-order valence-corrected chi connectivity index (χ0v) is 18.1. The number of aromatic hydroxyl groups is 1. The zero-order chi connectivity index (χ0) is 22.5. The molecule has 1 aromatic heterocycles. The highest BCUT2D eigenvalue weighted by Gasteiger charge is 2.13. The van der Waals surface area contributed by atoms with Crippen molar-refractivity contribution in [3.63, 3.8) is 0 Å². The lowest BCUT2D eigenvalue weighted by atomic mass is 10.0. The van der Waals surface area contributed by atoms with Crippen LogP contribution in [0.3, 0.4) is 0 Å². The topological polar surface area (TPSA) is 77.5 Å². The number of carbonyl (C=O) groups is 1. The van der Waals surface area contributed by atoms with Gasteiger partial charge in [-0.2, -0.15) is 0 Å². The van der Waals surface area contributed by atoms with Gasteiger partial charge in [-0.25, -0.2) is 9.37 Å². The third-order valence-electron chi connectivity index (χ3n) is 5.53. The van der Waals surface area contributed by atoms with E-state index < -0.39 is 5.82 Å². The van der Waals surface area contributed by atoms with Gasteiger partial charge in [0.1, 0.15) is 17.4 Å². The van der Waals surface area contributed by atoms with Gasteiger partial charge >= 0.3 is 0 Å². The second-order valence-electron chi connectivity index (χ2n) is 8.02. The average Bonchev–Trinajstić information content (AvgIpc) is 3.29. The van der Waals surface area contributed by atoms with Crippen LogP contribution in [0.25, 0.3) is 22.4 Å². The summed E-state index contributed by atoms with van der Waals surface area (Å²) in [6, 6.07) is 15.1. The number of hydrogen-bond donors (Lipinski definition) is 3. The Labute approximate surface area is 187 Å². The number of nitrogens with zero attached hydrogens (tertiary/aromatic N) is 2. The van der Waals surface area contributed by atoms with Crippen molar-refractivity contribution in [1.82, 2.24) is 9.88 Å². The summed E-state index contributed by atoms with van der Waals surface area (Å²) in [5.74, 6) is 0.0644. The molecule has 1 fully saturated rings. The minimum absolute atomic E-state index is 0.0277. The molecule has 7 heteroatoms. The summed E-state index contributed by atoms with van der Waals surface area (Å²) in [4.78, 5) is 18.3. The first-order valence-corrected chi connectivity index (χ1v) is 10.8. The monoisotopic (exact) mass is 434 g/mol. The second-order valence-corrected chi connectivity index (χ2v) is 8.02. The van der Waals surface area contributed by atoms with Crippen LogP contribution in [0.15, 0.2) is 54.6 Å². The highest BCUT2D eigenvalue weighted by atomic mass is 19.1. The number of rotatable bonds is 7. The highest BCUT2D eigenvalue weighted by molar-refractivity contribution is 5.89. The fraction of sp³-hybridized carbons (Fsp3) is 0.280. The van der Waals surface area contributed by atoms with E-state index in [1.165, 1.54) is 38.0 Å². The van der Waals surface area contributed by atoms with E-state index in [0.717, 1.165) is 37.3 Å². The number of benzene rings is 2. The Morgan fingerprint density at radius 1 is 1.06 bits per heavy atom. The quantitative estimate of drug-likeness (QED) is 0.501. The molecule has 0 unspecified atom stereocenters. The molecule has 0 aliphatic carbocycles. The number of halogens is 1. The third-order valence-corrected chi connectivity index (χ3v) is 5.53. The summed E-state index contributed by atoms with van der Waals surface area (Å²) in [6.45, 7) is 5.38. The van der Waals surface area contributed by atoms with E-state index in [2.05, 4.69) is 20.5 Å². The Kier molecular flexibility index (Phi) is 6.66. The molecule has 0 spiro atoms. The molecular weight excluding hydrogens is 407 g/mol. The molecule has 0 bridgehead atoms. The Hall–Kier alpha value is -3.45. The van der Waals surface area contributed by atoms with Gasteiger partial charge in [0.2, 0.25) is 5.91 Å². The molecule has 1 saturated heterocycles. The van der Waals surface area contributed by atoms with Gasteiger partial charge in [-0.3, -0.25) is 4.79 Å². The molecule has 1 amide bonds. The van der Waals surface area contributed by atoms with Crippen LogP contribution in [0.5, 0.6) is 5.75 Å². The normalized spacial score (nSPS) is 13.8. The summed E-state index contributed by atoms with van der Waals surface area (Å²) in [5.41, 5.74) is 3.32. The van der Waals surface area contributed by atoms with Crippen LogP contribution in [0, 0.1) is 5.82 Å². The molecule has 0 saturated carbocycles. The first-order valence-electron chi connectivity index (χ1n) is 10.8. The van der Waals surface area contributed by atoms with Crippen molar-refractivity contribution >= 4 is 17.4 Å². The molecule has 1 aliphatic rings. The summed E-state index contributed by atoms with van der Waals surface area (Å²) in [7, 11) is 0. The number of phenolic OH excluding ortho intramolecular Hbond substituents is 1. The molecule has 6 nitrogen and oxygen atoms in total. The van der Waals surface area contributed by atoms with Crippen molar-refractivity contribution in [3.05, 3.63) is 60.4 Å². The molecule has 3 aromatic rings. The van der Waals surface area contributed by atoms with Crippen molar-refractivity contribution in [1.29, 1.82) is 0 Å². The van der Waals surface area contributed by atoms with Gasteiger partial charge in [0.15, 0.2) is 0 Å². The first kappa shape index (κ1) is 21.8. The van der Waals surface area contributed by atoms with E-state index >= 15 is 0 Å². The predicted octanol–water partition coefficient (Wildman–Crippen LogP) is 4.73. The van der Waals surface area contributed by atoms with Crippen molar-refractivity contribution in [2.45, 2.75) is 19.8 Å². The van der Waals surface area contributed by atoms with Crippen LogP contribution >= 0.6 is 0 Å². The fourth-order valence-electron chi connectivity index (χ4n) is 3.94. The molecule has 166 valence electrons. The van der Waals surface area contributed by atoms with Crippen molar-refractivity contribution in [2.75, 3.05) is 36.8 Å². The molecular formula is C25H27FN4O2. The molecule has 0 radical (unpaired) electrons. The SMILES string of the molecule is CC(=O)Nc1ccc(-c2cc(NCCN3CCCC3)nc(-c3cc(F)ccc3O)c2)cc1. The number of carbonyl (C=O) groups excluding carboxylic acids is 1. The van der Waals surface area contributed by atoms with E-state index in [4.69, 9.17) is 0 Å². The van der Waals surface area contributed by atoms with Gasteiger partial charge in [0.05, 0.1) is 5.69 Å². The van der Waals surface area contributed by atoms with Crippen LogP contribution in [-0.4, -0.2) is 47.1 Å². The van der Waals surface area contributed by atoms with Crippen LogP contribution in [0.2, 0.25) is 0 Å². The summed E-state index contributed by atoms with van der Waals surface area (Å²) in [6.07, 6.45) is 2.48. The Morgan fingerprint density at radius 2 is 1.81 bits per heavy atom. The Balaban J connectivity index is 1.64. The van der Waals surface area contributed by atoms with Gasteiger partial charge in [-0.15, -0.1) is 0 Å². The van der Waals surface area contributed by atoms with E-state index in [1.54, 1.807) is 0 Å². The summed E-state index contributed by atoms with van der Waals surface area (Å²) < 4.78 is 13.9. The summed E-state index contributed by atoms with van der Waals surface area (Å²) in [5, 5.41) is 16.4. The van der Waals surface area contributed by atoms with E-state index in [0.29, 0.717) is 22.8 Å². The first-order chi connectivity index (χ1) is 15.5. The van der Waals surface area contributed by atoms with Crippen LogP contribution in [-0.2, 0) is 4.79 Å². The third kappa shape index (κ3) is 5.42. The minimum Gasteiger partial charge on any atom is -0.507 e. The van der Waals surface area contributed by atoms with E-state index in [9.17, 15) is 14.3 Å².